The summed E-state index contributed by atoms with van der Waals surface area (Å²) < 4.78 is 1.98. The summed E-state index contributed by atoms with van der Waals surface area (Å²) in [6.45, 7) is 5.21. The van der Waals surface area contributed by atoms with Crippen LogP contribution in [0.5, 0.6) is 0 Å². The molecule has 3 heteroatoms. The molecule has 14 heavy (non-hydrogen) atoms. The number of nitrogens with two attached hydrogens (primary N) is 1. The minimum atomic E-state index is 0.156. The molecule has 0 amide bonds. The van der Waals surface area contributed by atoms with E-state index in [1.807, 2.05) is 16.9 Å². The Balaban J connectivity index is 2.47. The molecule has 1 aromatic rings. The van der Waals surface area contributed by atoms with E-state index in [1.54, 1.807) is 0 Å². The fraction of sp³-hybridized carbons (Fsp3) is 0.727. The Morgan fingerprint density at radius 2 is 2.21 bits per heavy atom. The van der Waals surface area contributed by atoms with Gasteiger partial charge in [0.1, 0.15) is 0 Å². The molecule has 80 valence electrons. The normalized spacial score (nSPS) is 13.1. The van der Waals surface area contributed by atoms with E-state index in [4.69, 9.17) is 5.73 Å². The third-order valence-electron chi connectivity index (χ3n) is 2.55. The van der Waals surface area contributed by atoms with Gasteiger partial charge >= 0.3 is 0 Å². The van der Waals surface area contributed by atoms with E-state index in [2.05, 4.69) is 18.9 Å². The minimum absolute atomic E-state index is 0.156. The lowest BCUT2D eigenvalue weighted by molar-refractivity contribution is 0.522. The molecule has 0 aliphatic carbocycles. The van der Waals surface area contributed by atoms with Gasteiger partial charge in [0, 0.05) is 18.8 Å². The first-order valence-electron chi connectivity index (χ1n) is 5.56. The molecule has 0 spiro atoms. The zero-order valence-electron chi connectivity index (χ0n) is 9.24. The Morgan fingerprint density at radius 1 is 1.43 bits per heavy atom. The van der Waals surface area contributed by atoms with Crippen LogP contribution in [-0.4, -0.2) is 9.78 Å². The summed E-state index contributed by atoms with van der Waals surface area (Å²) in [7, 11) is 0. The van der Waals surface area contributed by atoms with Gasteiger partial charge in [-0.15, -0.1) is 0 Å². The summed E-state index contributed by atoms with van der Waals surface area (Å²) in [5.74, 6) is 0. The van der Waals surface area contributed by atoms with Gasteiger partial charge in [-0.1, -0.05) is 26.2 Å². The van der Waals surface area contributed by atoms with E-state index in [1.165, 1.54) is 25.0 Å². The molecular formula is C11H21N3. The molecule has 0 aromatic carbocycles. The Kier molecular flexibility index (Phi) is 4.66. The van der Waals surface area contributed by atoms with Crippen LogP contribution in [0.3, 0.4) is 0 Å². The van der Waals surface area contributed by atoms with Gasteiger partial charge < -0.3 is 5.73 Å². The topological polar surface area (TPSA) is 43.8 Å². The third kappa shape index (κ3) is 2.84. The quantitative estimate of drug-likeness (QED) is 0.709. The first-order valence-corrected chi connectivity index (χ1v) is 5.56. The van der Waals surface area contributed by atoms with Gasteiger partial charge in [-0.2, -0.15) is 5.10 Å². The number of nitrogens with zero attached hydrogens (tertiary/aromatic N) is 2. The Morgan fingerprint density at radius 3 is 2.86 bits per heavy atom. The van der Waals surface area contributed by atoms with Crippen LogP contribution in [0.4, 0.5) is 0 Å². The highest BCUT2D eigenvalue weighted by atomic mass is 15.3. The second kappa shape index (κ2) is 5.81. The van der Waals surface area contributed by atoms with Crippen molar-refractivity contribution >= 4 is 0 Å². The van der Waals surface area contributed by atoms with Crippen LogP contribution >= 0.6 is 0 Å². The number of aromatic nitrogens is 2. The maximum atomic E-state index is 6.10. The first kappa shape index (κ1) is 11.2. The molecule has 1 atom stereocenters. The molecule has 2 N–H and O–H groups in total. The Hall–Kier alpha value is -0.830. The summed E-state index contributed by atoms with van der Waals surface area (Å²) in [5, 5.41) is 4.22. The van der Waals surface area contributed by atoms with Crippen molar-refractivity contribution in [2.24, 2.45) is 5.73 Å². The van der Waals surface area contributed by atoms with Crippen LogP contribution in [0.15, 0.2) is 12.3 Å². The predicted octanol–water partition coefficient (Wildman–Crippen LogP) is 2.48. The molecule has 0 fully saturated rings. The fourth-order valence-corrected chi connectivity index (χ4v) is 1.68. The third-order valence-corrected chi connectivity index (χ3v) is 2.55. The fourth-order valence-electron chi connectivity index (χ4n) is 1.68. The van der Waals surface area contributed by atoms with Gasteiger partial charge in [0.05, 0.1) is 5.69 Å². The molecular weight excluding hydrogens is 174 g/mol. The smallest absolute Gasteiger partial charge is 0.0551 e. The van der Waals surface area contributed by atoms with Gasteiger partial charge in [-0.05, 0) is 19.4 Å². The largest absolute Gasteiger partial charge is 0.323 e. The lowest BCUT2D eigenvalue weighted by atomic mass is 10.1. The van der Waals surface area contributed by atoms with Crippen molar-refractivity contribution in [1.29, 1.82) is 0 Å². The highest BCUT2D eigenvalue weighted by Crippen LogP contribution is 2.16. The average molecular weight is 195 g/mol. The molecule has 1 rings (SSSR count). The molecule has 0 aliphatic rings. The van der Waals surface area contributed by atoms with Crippen LogP contribution in [-0.2, 0) is 6.54 Å². The zero-order valence-corrected chi connectivity index (χ0v) is 9.24. The lowest BCUT2D eigenvalue weighted by Gasteiger charge is -2.12. The molecule has 0 aliphatic heterocycles. The summed E-state index contributed by atoms with van der Waals surface area (Å²) in [6, 6.07) is 2.18. The van der Waals surface area contributed by atoms with Gasteiger partial charge in [0.25, 0.3) is 0 Å². The molecule has 3 nitrogen and oxygen atoms in total. The van der Waals surface area contributed by atoms with Gasteiger partial charge in [0.15, 0.2) is 0 Å². The monoisotopic (exact) mass is 195 g/mol. The van der Waals surface area contributed by atoms with Crippen LogP contribution < -0.4 is 5.73 Å². The molecule has 1 unspecified atom stereocenters. The number of unbranched alkanes of at least 4 members (excludes halogenated alkanes) is 2. The van der Waals surface area contributed by atoms with E-state index < -0.39 is 0 Å². The highest BCUT2D eigenvalue weighted by Gasteiger charge is 2.09. The summed E-state index contributed by atoms with van der Waals surface area (Å²) in [6.07, 6.45) is 6.64. The first-order chi connectivity index (χ1) is 6.79. The average Bonchev–Trinajstić information content (AvgIpc) is 2.65. The second-order valence-electron chi connectivity index (χ2n) is 3.67. The van der Waals surface area contributed by atoms with Gasteiger partial charge in [-0.3, -0.25) is 4.68 Å². The number of aryl methyl sites for hydroxylation is 1. The van der Waals surface area contributed by atoms with Crippen molar-refractivity contribution in [1.82, 2.24) is 9.78 Å². The molecule has 0 radical (unpaired) electrons. The summed E-state index contributed by atoms with van der Waals surface area (Å²) >= 11 is 0. The van der Waals surface area contributed by atoms with Crippen LogP contribution in [0.1, 0.15) is 51.3 Å². The molecule has 0 bridgehead atoms. The lowest BCUT2D eigenvalue weighted by Crippen LogP contribution is -2.15. The van der Waals surface area contributed by atoms with Gasteiger partial charge in [0.2, 0.25) is 0 Å². The van der Waals surface area contributed by atoms with E-state index in [-0.39, 0.29) is 6.04 Å². The van der Waals surface area contributed by atoms with E-state index in [0.717, 1.165) is 13.0 Å². The maximum Gasteiger partial charge on any atom is 0.0551 e. The van der Waals surface area contributed by atoms with E-state index in [0.29, 0.717) is 0 Å². The van der Waals surface area contributed by atoms with Crippen LogP contribution in [0, 0.1) is 0 Å². The standard InChI is InChI=1S/C11H21N3/c1-3-5-6-7-10(12)11-8-9-13-14(11)4-2/h8-10H,3-7,12H2,1-2H3. The van der Waals surface area contributed by atoms with Crippen LogP contribution in [0.2, 0.25) is 0 Å². The molecule has 1 heterocycles. The SMILES string of the molecule is CCCCCC(N)c1ccnn1CC. The highest BCUT2D eigenvalue weighted by molar-refractivity contribution is 5.05. The number of rotatable bonds is 6. The summed E-state index contributed by atoms with van der Waals surface area (Å²) in [5.41, 5.74) is 7.27. The van der Waals surface area contributed by atoms with Crippen molar-refractivity contribution in [3.63, 3.8) is 0 Å². The Bertz CT molecular complexity index is 255. The molecule has 0 saturated heterocycles. The summed E-state index contributed by atoms with van der Waals surface area (Å²) in [4.78, 5) is 0. The predicted molar refractivity (Wildman–Crippen MR) is 59.0 cm³/mol. The Labute approximate surface area is 86.3 Å². The van der Waals surface area contributed by atoms with E-state index >= 15 is 0 Å². The van der Waals surface area contributed by atoms with Crippen LogP contribution in [0.25, 0.3) is 0 Å². The zero-order chi connectivity index (χ0) is 10.4. The molecule has 1 aromatic heterocycles. The van der Waals surface area contributed by atoms with Gasteiger partial charge in [-0.25, -0.2) is 0 Å². The van der Waals surface area contributed by atoms with Crippen molar-refractivity contribution in [3.8, 4) is 0 Å². The maximum absolute atomic E-state index is 6.10. The van der Waals surface area contributed by atoms with Crippen molar-refractivity contribution in [2.45, 2.75) is 52.1 Å². The minimum Gasteiger partial charge on any atom is -0.323 e. The number of hydrogen-bond acceptors (Lipinski definition) is 2. The number of hydrogen-bond donors (Lipinski definition) is 1. The van der Waals surface area contributed by atoms with E-state index in [9.17, 15) is 0 Å². The van der Waals surface area contributed by atoms with Crippen molar-refractivity contribution < 1.29 is 0 Å². The molecule has 0 saturated carbocycles. The van der Waals surface area contributed by atoms with Crippen molar-refractivity contribution in [2.75, 3.05) is 0 Å². The van der Waals surface area contributed by atoms with Crippen molar-refractivity contribution in [3.05, 3.63) is 18.0 Å². The second-order valence-corrected chi connectivity index (χ2v) is 3.67.